The molecular weight excluding hydrogens is 182 g/mol. The van der Waals surface area contributed by atoms with Crippen LogP contribution in [0.5, 0.6) is 0 Å². The molecule has 0 bridgehead atoms. The summed E-state index contributed by atoms with van der Waals surface area (Å²) in [4.78, 5) is 13.4. The molecule has 1 fully saturated rings. The first-order chi connectivity index (χ1) is 6.27. The summed E-state index contributed by atoms with van der Waals surface area (Å²) < 4.78 is 0. The third-order valence-corrected chi connectivity index (χ3v) is 3.03. The molecule has 2 rings (SSSR count). The van der Waals surface area contributed by atoms with Crippen LogP contribution in [0.3, 0.4) is 0 Å². The van der Waals surface area contributed by atoms with Gasteiger partial charge in [-0.3, -0.25) is 4.79 Å². The van der Waals surface area contributed by atoms with Gasteiger partial charge in [0, 0.05) is 19.5 Å². The lowest BCUT2D eigenvalue weighted by Crippen LogP contribution is -2.27. The van der Waals surface area contributed by atoms with E-state index in [0.29, 0.717) is 11.8 Å². The van der Waals surface area contributed by atoms with Crippen LogP contribution in [0.1, 0.15) is 18.4 Å². The summed E-state index contributed by atoms with van der Waals surface area (Å²) in [6.45, 7) is 0.763. The standard InChI is InChI=1S/C10H13NOS/c1-11(10(12)9-2-3-9)6-8-4-5-13-7-8/h4-5,7,9H,2-3,6H2,1H3. The fraction of sp³-hybridized carbons (Fsp3) is 0.500. The highest BCUT2D eigenvalue weighted by Crippen LogP contribution is 2.31. The predicted octanol–water partition coefficient (Wildman–Crippen LogP) is 2.12. The molecule has 0 radical (unpaired) electrons. The van der Waals surface area contributed by atoms with E-state index in [1.807, 2.05) is 17.3 Å². The van der Waals surface area contributed by atoms with Crippen LogP contribution < -0.4 is 0 Å². The third-order valence-electron chi connectivity index (χ3n) is 2.30. The smallest absolute Gasteiger partial charge is 0.225 e. The molecular formula is C10H13NOS. The molecule has 70 valence electrons. The Labute approximate surface area is 82.2 Å². The number of hydrogen-bond acceptors (Lipinski definition) is 2. The lowest BCUT2D eigenvalue weighted by molar-refractivity contribution is -0.131. The SMILES string of the molecule is CN(Cc1ccsc1)C(=O)C1CC1. The second-order valence-corrected chi connectivity index (χ2v) is 4.38. The van der Waals surface area contributed by atoms with Gasteiger partial charge >= 0.3 is 0 Å². The lowest BCUT2D eigenvalue weighted by Gasteiger charge is -2.15. The summed E-state index contributed by atoms with van der Waals surface area (Å²) >= 11 is 1.68. The molecule has 0 saturated heterocycles. The molecule has 1 aromatic heterocycles. The van der Waals surface area contributed by atoms with Crippen molar-refractivity contribution in [1.82, 2.24) is 4.90 Å². The first-order valence-electron chi connectivity index (χ1n) is 4.53. The van der Waals surface area contributed by atoms with Crippen molar-refractivity contribution in [3.8, 4) is 0 Å². The third kappa shape index (κ3) is 2.10. The summed E-state index contributed by atoms with van der Waals surface area (Å²) in [6, 6.07) is 2.07. The molecule has 0 atom stereocenters. The van der Waals surface area contributed by atoms with Crippen LogP contribution in [0.25, 0.3) is 0 Å². The number of carbonyl (C=O) groups excluding carboxylic acids is 1. The summed E-state index contributed by atoms with van der Waals surface area (Å²) in [6.07, 6.45) is 2.18. The van der Waals surface area contributed by atoms with Gasteiger partial charge in [0.15, 0.2) is 0 Å². The van der Waals surface area contributed by atoms with Crippen LogP contribution in [0.4, 0.5) is 0 Å². The molecule has 0 spiro atoms. The van der Waals surface area contributed by atoms with Crippen LogP contribution in [0, 0.1) is 5.92 Å². The Morgan fingerprint density at radius 1 is 1.69 bits per heavy atom. The Kier molecular flexibility index (Phi) is 2.36. The van der Waals surface area contributed by atoms with E-state index in [1.165, 1.54) is 5.56 Å². The van der Waals surface area contributed by atoms with E-state index in [2.05, 4.69) is 11.4 Å². The van der Waals surface area contributed by atoms with Gasteiger partial charge in [0.05, 0.1) is 0 Å². The van der Waals surface area contributed by atoms with Gasteiger partial charge in [-0.05, 0) is 35.2 Å². The molecule has 1 aliphatic rings. The van der Waals surface area contributed by atoms with Gasteiger partial charge in [-0.25, -0.2) is 0 Å². The van der Waals surface area contributed by atoms with E-state index in [-0.39, 0.29) is 0 Å². The zero-order chi connectivity index (χ0) is 9.26. The van der Waals surface area contributed by atoms with Crippen molar-refractivity contribution in [2.24, 2.45) is 5.92 Å². The van der Waals surface area contributed by atoms with Crippen LogP contribution in [-0.2, 0) is 11.3 Å². The molecule has 13 heavy (non-hydrogen) atoms. The van der Waals surface area contributed by atoms with Gasteiger partial charge in [-0.2, -0.15) is 11.3 Å². The number of nitrogens with zero attached hydrogens (tertiary/aromatic N) is 1. The van der Waals surface area contributed by atoms with Crippen molar-refractivity contribution < 1.29 is 4.79 Å². The first-order valence-corrected chi connectivity index (χ1v) is 5.47. The van der Waals surface area contributed by atoms with E-state index in [4.69, 9.17) is 0 Å². The van der Waals surface area contributed by atoms with E-state index in [9.17, 15) is 4.79 Å². The van der Waals surface area contributed by atoms with Crippen molar-refractivity contribution >= 4 is 17.2 Å². The summed E-state index contributed by atoms with van der Waals surface area (Å²) in [5.41, 5.74) is 1.24. The lowest BCUT2D eigenvalue weighted by atomic mass is 10.3. The molecule has 1 heterocycles. The maximum absolute atomic E-state index is 11.6. The van der Waals surface area contributed by atoms with Gasteiger partial charge in [0.1, 0.15) is 0 Å². The van der Waals surface area contributed by atoms with Gasteiger partial charge in [-0.15, -0.1) is 0 Å². The predicted molar refractivity (Wildman–Crippen MR) is 53.5 cm³/mol. The monoisotopic (exact) mass is 195 g/mol. The fourth-order valence-electron chi connectivity index (χ4n) is 1.38. The summed E-state index contributed by atoms with van der Waals surface area (Å²) in [7, 11) is 1.89. The average molecular weight is 195 g/mol. The van der Waals surface area contributed by atoms with Crippen molar-refractivity contribution in [3.05, 3.63) is 22.4 Å². The normalized spacial score (nSPS) is 15.8. The molecule has 0 N–H and O–H groups in total. The second kappa shape index (κ2) is 3.50. The molecule has 0 aliphatic heterocycles. The summed E-state index contributed by atoms with van der Waals surface area (Å²) in [5, 5.41) is 4.14. The Bertz CT molecular complexity index is 290. The summed E-state index contributed by atoms with van der Waals surface area (Å²) in [5.74, 6) is 0.648. The van der Waals surface area contributed by atoms with Crippen molar-refractivity contribution in [2.75, 3.05) is 7.05 Å². The van der Waals surface area contributed by atoms with E-state index >= 15 is 0 Å². The van der Waals surface area contributed by atoms with Crippen LogP contribution >= 0.6 is 11.3 Å². The second-order valence-electron chi connectivity index (χ2n) is 3.60. The minimum Gasteiger partial charge on any atom is -0.341 e. The number of rotatable bonds is 3. The zero-order valence-corrected chi connectivity index (χ0v) is 8.51. The number of hydrogen-bond donors (Lipinski definition) is 0. The number of thiophene rings is 1. The number of carbonyl (C=O) groups is 1. The van der Waals surface area contributed by atoms with E-state index in [0.717, 1.165) is 19.4 Å². The minimum atomic E-state index is 0.311. The fourth-order valence-corrected chi connectivity index (χ4v) is 2.04. The van der Waals surface area contributed by atoms with Crippen molar-refractivity contribution in [2.45, 2.75) is 19.4 Å². The molecule has 1 amide bonds. The Balaban J connectivity index is 1.90. The van der Waals surface area contributed by atoms with Crippen molar-refractivity contribution in [1.29, 1.82) is 0 Å². The molecule has 1 aromatic rings. The van der Waals surface area contributed by atoms with E-state index < -0.39 is 0 Å². The van der Waals surface area contributed by atoms with Crippen LogP contribution in [-0.4, -0.2) is 17.9 Å². The zero-order valence-electron chi connectivity index (χ0n) is 7.69. The van der Waals surface area contributed by atoms with Crippen molar-refractivity contribution in [3.63, 3.8) is 0 Å². The van der Waals surface area contributed by atoms with Gasteiger partial charge < -0.3 is 4.90 Å². The average Bonchev–Trinajstić information content (AvgIpc) is 2.85. The van der Waals surface area contributed by atoms with Crippen LogP contribution in [0.2, 0.25) is 0 Å². The molecule has 0 unspecified atom stereocenters. The van der Waals surface area contributed by atoms with Gasteiger partial charge in [-0.1, -0.05) is 0 Å². The highest BCUT2D eigenvalue weighted by atomic mass is 32.1. The highest BCUT2D eigenvalue weighted by Gasteiger charge is 2.31. The molecule has 3 heteroatoms. The minimum absolute atomic E-state index is 0.311. The first kappa shape index (κ1) is 8.75. The largest absolute Gasteiger partial charge is 0.341 e. The molecule has 2 nitrogen and oxygen atoms in total. The quantitative estimate of drug-likeness (QED) is 0.723. The molecule has 1 aliphatic carbocycles. The van der Waals surface area contributed by atoms with Gasteiger partial charge in [0.25, 0.3) is 0 Å². The number of amides is 1. The topological polar surface area (TPSA) is 20.3 Å². The molecule has 1 saturated carbocycles. The maximum Gasteiger partial charge on any atom is 0.225 e. The Morgan fingerprint density at radius 3 is 3.00 bits per heavy atom. The Hall–Kier alpha value is -0.830. The maximum atomic E-state index is 11.6. The van der Waals surface area contributed by atoms with Crippen LogP contribution in [0.15, 0.2) is 16.8 Å². The Morgan fingerprint density at radius 2 is 2.46 bits per heavy atom. The van der Waals surface area contributed by atoms with E-state index in [1.54, 1.807) is 11.3 Å². The van der Waals surface area contributed by atoms with Gasteiger partial charge in [0.2, 0.25) is 5.91 Å². The molecule has 0 aromatic carbocycles. The highest BCUT2D eigenvalue weighted by molar-refractivity contribution is 7.07.